The van der Waals surface area contributed by atoms with Crippen molar-refractivity contribution in [2.24, 2.45) is 0 Å². The van der Waals surface area contributed by atoms with Gasteiger partial charge in [0.2, 0.25) is 5.91 Å². The molecule has 0 saturated heterocycles. The molecule has 3 N–H and O–H groups in total. The number of halogens is 1. The Morgan fingerprint density at radius 2 is 1.64 bits per heavy atom. The van der Waals surface area contributed by atoms with Crippen molar-refractivity contribution in [3.63, 3.8) is 0 Å². The topological polar surface area (TPSA) is 159 Å². The maximum Gasteiger partial charge on any atom is 0.408 e. The van der Waals surface area contributed by atoms with Crippen LogP contribution in [0.5, 0.6) is 5.75 Å². The summed E-state index contributed by atoms with van der Waals surface area (Å²) < 4.78 is 36.3. The number of imidazole rings is 1. The number of rotatable bonds is 14. The van der Waals surface area contributed by atoms with Gasteiger partial charge in [0.15, 0.2) is 11.9 Å². The maximum atomic E-state index is 13.5. The lowest BCUT2D eigenvalue weighted by atomic mass is 10.0. The summed E-state index contributed by atoms with van der Waals surface area (Å²) >= 11 is 0. The van der Waals surface area contributed by atoms with Crippen LogP contribution in [0.1, 0.15) is 58.7 Å². The molecule has 0 aliphatic carbocycles. The van der Waals surface area contributed by atoms with Gasteiger partial charge in [0.25, 0.3) is 5.91 Å². The van der Waals surface area contributed by atoms with Gasteiger partial charge in [0, 0.05) is 6.20 Å². The van der Waals surface area contributed by atoms with Gasteiger partial charge in [-0.05, 0) is 76.9 Å². The molecule has 0 fully saturated rings. The molecule has 0 saturated carbocycles. The van der Waals surface area contributed by atoms with Gasteiger partial charge in [-0.3, -0.25) is 9.59 Å². The first-order valence-electron chi connectivity index (χ1n) is 14.9. The third kappa shape index (κ3) is 11.1. The highest BCUT2D eigenvalue weighted by atomic mass is 19.1. The van der Waals surface area contributed by atoms with Gasteiger partial charge in [-0.25, -0.2) is 19.0 Å². The van der Waals surface area contributed by atoms with E-state index in [4.69, 9.17) is 18.9 Å². The van der Waals surface area contributed by atoms with Crippen molar-refractivity contribution >= 4 is 29.7 Å². The van der Waals surface area contributed by atoms with Crippen LogP contribution >= 0.6 is 0 Å². The van der Waals surface area contributed by atoms with Crippen molar-refractivity contribution in [3.8, 4) is 5.75 Å². The molecule has 0 aliphatic heterocycles. The SMILES string of the molecule is CCOC(=O)C(c1ccc(OC)cc1)n1cnc(NC(=O)[C@@H](COCc2ccc(F)cc2)NC(=O)C(C)(C)NC(=O)OC(C)(C)C)c1. The van der Waals surface area contributed by atoms with E-state index < -0.39 is 52.9 Å². The van der Waals surface area contributed by atoms with Crippen molar-refractivity contribution in [1.82, 2.24) is 20.2 Å². The van der Waals surface area contributed by atoms with Crippen LogP contribution < -0.4 is 20.7 Å². The fourth-order valence-electron chi connectivity index (χ4n) is 4.21. The summed E-state index contributed by atoms with van der Waals surface area (Å²) in [4.78, 5) is 56.4. The van der Waals surface area contributed by atoms with Crippen molar-refractivity contribution in [3.05, 3.63) is 78.0 Å². The average molecular weight is 656 g/mol. The highest BCUT2D eigenvalue weighted by Gasteiger charge is 2.35. The third-order valence-corrected chi connectivity index (χ3v) is 6.56. The Morgan fingerprint density at radius 1 is 0.979 bits per heavy atom. The molecule has 14 heteroatoms. The minimum Gasteiger partial charge on any atom is -0.497 e. The molecule has 0 spiro atoms. The molecule has 2 atom stereocenters. The first-order valence-corrected chi connectivity index (χ1v) is 14.9. The van der Waals surface area contributed by atoms with Gasteiger partial charge in [-0.2, -0.15) is 0 Å². The number of carbonyl (C=O) groups excluding carboxylic acids is 4. The highest BCUT2D eigenvalue weighted by Crippen LogP contribution is 2.24. The number of anilines is 1. The van der Waals surface area contributed by atoms with Gasteiger partial charge in [0.05, 0.1) is 33.3 Å². The Kier molecular flexibility index (Phi) is 12.4. The summed E-state index contributed by atoms with van der Waals surface area (Å²) in [7, 11) is 1.53. The second-order valence-electron chi connectivity index (χ2n) is 12.0. The summed E-state index contributed by atoms with van der Waals surface area (Å²) in [6.45, 7) is 9.56. The molecule has 254 valence electrons. The third-order valence-electron chi connectivity index (χ3n) is 6.56. The molecule has 3 amide bonds. The minimum absolute atomic E-state index is 0.0250. The van der Waals surface area contributed by atoms with Crippen molar-refractivity contribution in [1.29, 1.82) is 0 Å². The highest BCUT2D eigenvalue weighted by molar-refractivity contribution is 5.98. The molecule has 1 unspecified atom stereocenters. The molecule has 1 heterocycles. The zero-order valence-electron chi connectivity index (χ0n) is 27.6. The molecule has 2 aromatic carbocycles. The number of aromatic nitrogens is 2. The summed E-state index contributed by atoms with van der Waals surface area (Å²) in [6.07, 6.45) is 2.01. The number of hydrogen-bond acceptors (Lipinski definition) is 9. The van der Waals surface area contributed by atoms with Gasteiger partial charge >= 0.3 is 12.1 Å². The minimum atomic E-state index is -1.48. The Balaban J connectivity index is 1.80. The van der Waals surface area contributed by atoms with Crippen LogP contribution in [0.2, 0.25) is 0 Å². The smallest absolute Gasteiger partial charge is 0.408 e. The van der Waals surface area contributed by atoms with Gasteiger partial charge in [0.1, 0.15) is 28.7 Å². The number of amides is 3. The zero-order chi connectivity index (χ0) is 34.8. The summed E-state index contributed by atoms with van der Waals surface area (Å²) in [5, 5.41) is 7.76. The van der Waals surface area contributed by atoms with Gasteiger partial charge < -0.3 is 39.5 Å². The number of carbonyl (C=O) groups is 4. The average Bonchev–Trinajstić information content (AvgIpc) is 3.44. The molecule has 0 bridgehead atoms. The number of methoxy groups -OCH3 is 1. The molecule has 0 radical (unpaired) electrons. The van der Waals surface area contributed by atoms with E-state index >= 15 is 0 Å². The molecule has 47 heavy (non-hydrogen) atoms. The van der Waals surface area contributed by atoms with E-state index in [1.54, 1.807) is 52.0 Å². The molecule has 1 aromatic heterocycles. The van der Waals surface area contributed by atoms with Gasteiger partial charge in [-0.1, -0.05) is 24.3 Å². The number of ether oxygens (including phenoxy) is 4. The molecule has 3 aromatic rings. The van der Waals surface area contributed by atoms with Crippen LogP contribution in [-0.4, -0.2) is 70.9 Å². The lowest BCUT2D eigenvalue weighted by molar-refractivity contribution is -0.145. The van der Waals surface area contributed by atoms with Crippen LogP contribution in [0.4, 0.5) is 15.0 Å². The van der Waals surface area contributed by atoms with Crippen molar-refractivity contribution in [2.45, 2.75) is 71.4 Å². The lowest BCUT2D eigenvalue weighted by Gasteiger charge is -2.29. The molecular formula is C33H42FN5O8. The first kappa shape index (κ1) is 36.5. The quantitative estimate of drug-likeness (QED) is 0.217. The number of esters is 1. The van der Waals surface area contributed by atoms with Crippen LogP contribution in [0, 0.1) is 5.82 Å². The summed E-state index contributed by atoms with van der Waals surface area (Å²) in [5.74, 6) is -1.63. The number of nitrogens with one attached hydrogen (secondary N) is 3. The second kappa shape index (κ2) is 16.0. The Bertz CT molecular complexity index is 1520. The van der Waals surface area contributed by atoms with E-state index in [1.807, 2.05) is 0 Å². The van der Waals surface area contributed by atoms with Crippen LogP contribution in [-0.2, 0) is 35.2 Å². The molecule has 3 rings (SSSR count). The number of nitrogens with zero attached hydrogens (tertiary/aromatic N) is 2. The standard InChI is InChI=1S/C33H42FN5O8/c1-8-46-29(41)27(22-11-15-24(44-7)16-12-22)39-17-26(35-20-39)37-28(40)25(19-45-18-21-9-13-23(34)14-10-21)36-30(42)33(5,6)38-31(43)47-32(2,3)4/h9-17,20,25,27H,8,18-19H2,1-7H3,(H,36,42)(H,37,40)(H,38,43)/t25-,27?/m1/s1. The number of benzene rings is 2. The normalized spacial score (nSPS) is 12.8. The first-order chi connectivity index (χ1) is 22.1. The fraction of sp³-hybridized carbons (Fsp3) is 0.424. The number of alkyl carbamates (subject to hydrolysis) is 1. The Morgan fingerprint density at radius 3 is 2.23 bits per heavy atom. The van der Waals surface area contributed by atoms with E-state index in [-0.39, 0.29) is 25.6 Å². The van der Waals surface area contributed by atoms with Crippen molar-refractivity contribution < 1.29 is 42.5 Å². The lowest BCUT2D eigenvalue weighted by Crippen LogP contribution is -2.59. The number of hydrogen-bond donors (Lipinski definition) is 3. The van der Waals surface area contributed by atoms with E-state index in [1.165, 1.54) is 62.3 Å². The summed E-state index contributed by atoms with van der Waals surface area (Å²) in [6, 6.07) is 10.3. The second-order valence-corrected chi connectivity index (χ2v) is 12.0. The fourth-order valence-corrected chi connectivity index (χ4v) is 4.21. The predicted molar refractivity (Wildman–Crippen MR) is 170 cm³/mol. The van der Waals surface area contributed by atoms with E-state index in [2.05, 4.69) is 20.9 Å². The zero-order valence-corrected chi connectivity index (χ0v) is 27.6. The van der Waals surface area contributed by atoms with E-state index in [9.17, 15) is 23.6 Å². The van der Waals surface area contributed by atoms with Gasteiger partial charge in [-0.15, -0.1) is 0 Å². The van der Waals surface area contributed by atoms with Crippen LogP contribution in [0.15, 0.2) is 61.1 Å². The van der Waals surface area contributed by atoms with Crippen molar-refractivity contribution in [2.75, 3.05) is 25.6 Å². The Labute approximate surface area is 273 Å². The molecular weight excluding hydrogens is 613 g/mol. The van der Waals surface area contributed by atoms with Crippen LogP contribution in [0.3, 0.4) is 0 Å². The predicted octanol–water partition coefficient (Wildman–Crippen LogP) is 4.13. The molecule has 0 aliphatic rings. The van der Waals surface area contributed by atoms with Crippen LogP contribution in [0.25, 0.3) is 0 Å². The van der Waals surface area contributed by atoms with E-state index in [0.717, 1.165) is 0 Å². The maximum absolute atomic E-state index is 13.5. The Hall–Kier alpha value is -4.98. The van der Waals surface area contributed by atoms with E-state index in [0.29, 0.717) is 16.9 Å². The molecule has 13 nitrogen and oxygen atoms in total. The largest absolute Gasteiger partial charge is 0.497 e. The summed E-state index contributed by atoms with van der Waals surface area (Å²) in [5.41, 5.74) is -1.04. The monoisotopic (exact) mass is 655 g/mol.